The number of sulfonamides is 1. The second-order valence-electron chi connectivity index (χ2n) is 6.87. The van der Waals surface area contributed by atoms with Crippen molar-refractivity contribution < 1.29 is 13.2 Å². The Labute approximate surface area is 170 Å². The zero-order chi connectivity index (χ0) is 20.9. The molecule has 3 rings (SSSR count). The van der Waals surface area contributed by atoms with Crippen LogP contribution in [0.1, 0.15) is 35.3 Å². The number of carbonyl (C=O) groups excluding carboxylic acids is 1. The summed E-state index contributed by atoms with van der Waals surface area (Å²) in [4.78, 5) is 16.4. The fourth-order valence-corrected chi connectivity index (χ4v) is 4.35. The van der Waals surface area contributed by atoms with Crippen LogP contribution in [0, 0.1) is 0 Å². The highest BCUT2D eigenvalue weighted by molar-refractivity contribution is 7.88. The average Bonchev–Trinajstić information content (AvgIpc) is 3.20. The molecule has 9 heteroatoms. The highest BCUT2D eigenvalue weighted by Gasteiger charge is 2.16. The van der Waals surface area contributed by atoms with Crippen LogP contribution in [0.2, 0.25) is 0 Å². The van der Waals surface area contributed by atoms with Crippen LogP contribution in [-0.4, -0.2) is 35.1 Å². The van der Waals surface area contributed by atoms with Crippen LogP contribution in [0.5, 0.6) is 0 Å². The molecule has 0 fully saturated rings. The lowest BCUT2D eigenvalue weighted by molar-refractivity contribution is 0.0951. The number of nitrogens with one attached hydrogen (secondary N) is 2. The normalized spacial score (nSPS) is 11.6. The molecule has 0 spiro atoms. The van der Waals surface area contributed by atoms with E-state index in [1.54, 1.807) is 61.3 Å². The molecule has 2 N–H and O–H groups in total. The monoisotopic (exact) mass is 413 g/mol. The molecule has 0 aliphatic heterocycles. The summed E-state index contributed by atoms with van der Waals surface area (Å²) in [5, 5.41) is 6.89. The van der Waals surface area contributed by atoms with E-state index < -0.39 is 10.0 Å². The molecule has 3 aromatic rings. The summed E-state index contributed by atoms with van der Waals surface area (Å²) >= 11 is 0. The van der Waals surface area contributed by atoms with Crippen molar-refractivity contribution in [2.45, 2.75) is 32.2 Å². The summed E-state index contributed by atoms with van der Waals surface area (Å²) < 4.78 is 28.7. The topological polar surface area (TPSA) is 106 Å². The van der Waals surface area contributed by atoms with Gasteiger partial charge in [0, 0.05) is 18.2 Å². The molecular formula is C20H23N5O3S. The van der Waals surface area contributed by atoms with Crippen molar-refractivity contribution in [1.29, 1.82) is 0 Å². The zero-order valence-electron chi connectivity index (χ0n) is 16.2. The Kier molecular flexibility index (Phi) is 6.40. The van der Waals surface area contributed by atoms with Crippen LogP contribution < -0.4 is 10.0 Å². The van der Waals surface area contributed by atoms with Gasteiger partial charge in [-0.25, -0.2) is 22.8 Å². The first-order valence-corrected chi connectivity index (χ1v) is 10.8. The molecule has 1 amide bonds. The number of hydrogen-bond acceptors (Lipinski definition) is 5. The molecule has 0 unspecified atom stereocenters. The van der Waals surface area contributed by atoms with Crippen molar-refractivity contribution in [3.63, 3.8) is 0 Å². The number of amides is 1. The smallest absolute Gasteiger partial charge is 0.251 e. The predicted octanol–water partition coefficient (Wildman–Crippen LogP) is 2.03. The number of hydrogen-bond donors (Lipinski definition) is 2. The first kappa shape index (κ1) is 20.7. The fraction of sp³-hybridized carbons (Fsp3) is 0.250. The third-order valence-electron chi connectivity index (χ3n) is 4.13. The molecule has 0 saturated heterocycles. The van der Waals surface area contributed by atoms with E-state index >= 15 is 0 Å². The van der Waals surface area contributed by atoms with Crippen LogP contribution in [0.4, 0.5) is 0 Å². The number of aromatic nitrogens is 3. The third-order valence-corrected chi connectivity index (χ3v) is 5.65. The largest absolute Gasteiger partial charge is 0.348 e. The minimum Gasteiger partial charge on any atom is -0.348 e. The molecule has 2 aromatic carbocycles. The van der Waals surface area contributed by atoms with E-state index in [0.717, 1.165) is 11.3 Å². The van der Waals surface area contributed by atoms with Crippen LogP contribution in [0.25, 0.3) is 5.69 Å². The van der Waals surface area contributed by atoms with Crippen molar-refractivity contribution in [2.24, 2.45) is 0 Å². The Morgan fingerprint density at radius 1 is 1.07 bits per heavy atom. The second-order valence-corrected chi connectivity index (χ2v) is 8.62. The third kappa shape index (κ3) is 5.72. The summed E-state index contributed by atoms with van der Waals surface area (Å²) in [5.74, 6) is -0.378. The summed E-state index contributed by atoms with van der Waals surface area (Å²) in [6, 6.07) is 14.0. The molecule has 8 nitrogen and oxygen atoms in total. The molecule has 152 valence electrons. The predicted molar refractivity (Wildman–Crippen MR) is 110 cm³/mol. The summed E-state index contributed by atoms with van der Waals surface area (Å²) in [6.07, 6.45) is 3.02. The molecule has 29 heavy (non-hydrogen) atoms. The Balaban J connectivity index is 1.66. The maximum Gasteiger partial charge on any atom is 0.251 e. The van der Waals surface area contributed by atoms with Gasteiger partial charge in [-0.1, -0.05) is 24.3 Å². The van der Waals surface area contributed by atoms with E-state index in [4.69, 9.17) is 0 Å². The lowest BCUT2D eigenvalue weighted by Gasteiger charge is -2.13. The van der Waals surface area contributed by atoms with Gasteiger partial charge in [0.15, 0.2) is 0 Å². The lowest BCUT2D eigenvalue weighted by Crippen LogP contribution is -2.31. The molecule has 0 radical (unpaired) electrons. The van der Waals surface area contributed by atoms with Gasteiger partial charge in [0.2, 0.25) is 10.0 Å². The van der Waals surface area contributed by atoms with Crippen LogP contribution >= 0.6 is 0 Å². The standard InChI is InChI=1S/C20H23N5O3S/c1-15(2)24-29(27,28)12-18-6-4-3-5-17(18)11-22-20(26)16-7-9-19(10-8-16)25-14-21-13-23-25/h3-10,13-15,24H,11-12H2,1-2H3,(H,22,26). The molecular weight excluding hydrogens is 390 g/mol. The van der Waals surface area contributed by atoms with Gasteiger partial charge in [-0.05, 0) is 49.2 Å². The SMILES string of the molecule is CC(C)NS(=O)(=O)Cc1ccccc1CNC(=O)c1ccc(-n2cncn2)cc1. The first-order valence-electron chi connectivity index (χ1n) is 9.14. The van der Waals surface area contributed by atoms with Gasteiger partial charge in [0.1, 0.15) is 12.7 Å². The van der Waals surface area contributed by atoms with E-state index in [0.29, 0.717) is 11.1 Å². The van der Waals surface area contributed by atoms with Crippen molar-refractivity contribution in [2.75, 3.05) is 0 Å². The highest BCUT2D eigenvalue weighted by Crippen LogP contribution is 2.13. The van der Waals surface area contributed by atoms with Crippen LogP contribution in [0.3, 0.4) is 0 Å². The van der Waals surface area contributed by atoms with Crippen molar-refractivity contribution in [3.8, 4) is 5.69 Å². The Morgan fingerprint density at radius 3 is 2.38 bits per heavy atom. The molecule has 1 heterocycles. The highest BCUT2D eigenvalue weighted by atomic mass is 32.2. The van der Waals surface area contributed by atoms with Gasteiger partial charge in [-0.2, -0.15) is 5.10 Å². The summed E-state index contributed by atoms with van der Waals surface area (Å²) in [6.45, 7) is 3.78. The van der Waals surface area contributed by atoms with E-state index in [9.17, 15) is 13.2 Å². The molecule has 0 aliphatic rings. The zero-order valence-corrected chi connectivity index (χ0v) is 17.1. The first-order chi connectivity index (χ1) is 13.8. The van der Waals surface area contributed by atoms with Gasteiger partial charge in [-0.3, -0.25) is 4.79 Å². The van der Waals surface area contributed by atoms with E-state index in [1.807, 2.05) is 12.1 Å². The number of benzene rings is 2. The van der Waals surface area contributed by atoms with E-state index in [1.165, 1.54) is 6.33 Å². The van der Waals surface area contributed by atoms with E-state index in [-0.39, 0.29) is 24.2 Å². The van der Waals surface area contributed by atoms with Crippen LogP contribution in [-0.2, 0) is 22.3 Å². The average molecular weight is 414 g/mol. The van der Waals surface area contributed by atoms with Gasteiger partial charge in [0.05, 0.1) is 11.4 Å². The maximum atomic E-state index is 12.5. The fourth-order valence-electron chi connectivity index (χ4n) is 2.86. The van der Waals surface area contributed by atoms with Gasteiger partial charge < -0.3 is 5.32 Å². The van der Waals surface area contributed by atoms with Gasteiger partial charge >= 0.3 is 0 Å². The maximum absolute atomic E-state index is 12.5. The van der Waals surface area contributed by atoms with Crippen molar-refractivity contribution >= 4 is 15.9 Å². The minimum absolute atomic E-state index is 0.135. The van der Waals surface area contributed by atoms with Crippen molar-refractivity contribution in [1.82, 2.24) is 24.8 Å². The van der Waals surface area contributed by atoms with Gasteiger partial charge in [0.25, 0.3) is 5.91 Å². The summed E-state index contributed by atoms with van der Waals surface area (Å²) in [7, 11) is -3.45. The van der Waals surface area contributed by atoms with Crippen LogP contribution in [0.15, 0.2) is 61.2 Å². The van der Waals surface area contributed by atoms with Gasteiger partial charge in [-0.15, -0.1) is 0 Å². The molecule has 0 aliphatic carbocycles. The quantitative estimate of drug-likeness (QED) is 0.588. The number of nitrogens with zero attached hydrogens (tertiary/aromatic N) is 3. The molecule has 1 aromatic heterocycles. The second kappa shape index (κ2) is 8.97. The number of carbonyl (C=O) groups is 1. The Bertz CT molecular complexity index is 1060. The van der Waals surface area contributed by atoms with E-state index in [2.05, 4.69) is 20.1 Å². The molecule has 0 atom stereocenters. The Morgan fingerprint density at radius 2 is 1.76 bits per heavy atom. The minimum atomic E-state index is -3.45. The number of rotatable bonds is 8. The Hall–Kier alpha value is -3.04. The molecule has 0 bridgehead atoms. The summed E-state index contributed by atoms with van der Waals surface area (Å²) in [5.41, 5.74) is 2.71. The van der Waals surface area contributed by atoms with Crippen molar-refractivity contribution in [3.05, 3.63) is 77.9 Å². The molecule has 0 saturated carbocycles. The lowest BCUT2D eigenvalue weighted by atomic mass is 10.1.